The second-order valence-electron chi connectivity index (χ2n) is 6.44. The molecule has 1 N–H and O–H groups in total. The molecule has 1 aliphatic heterocycles. The van der Waals surface area contributed by atoms with Gasteiger partial charge in [0.2, 0.25) is 0 Å². The van der Waals surface area contributed by atoms with E-state index in [0.29, 0.717) is 12.1 Å². The maximum atomic E-state index is 4.41. The average molecular weight is 277 g/mol. The topological polar surface area (TPSA) is 29.9 Å². The van der Waals surface area contributed by atoms with E-state index in [4.69, 9.17) is 0 Å². The summed E-state index contributed by atoms with van der Waals surface area (Å²) >= 11 is 0. The third-order valence-corrected chi connectivity index (χ3v) is 4.72. The van der Waals surface area contributed by atoms with Crippen LogP contribution in [0.4, 0.5) is 0 Å². The molecule has 1 fully saturated rings. The number of nitrogens with zero attached hydrogens (tertiary/aromatic N) is 2. The van der Waals surface area contributed by atoms with Gasteiger partial charge in [-0.2, -0.15) is 0 Å². The van der Waals surface area contributed by atoms with Gasteiger partial charge in [-0.15, -0.1) is 0 Å². The van der Waals surface area contributed by atoms with E-state index in [1.807, 2.05) is 6.33 Å². The Balaban J connectivity index is 2.00. The maximum Gasteiger partial charge on any atom is 0.0948 e. The predicted octanol–water partition coefficient (Wildman–Crippen LogP) is 4.30. The van der Waals surface area contributed by atoms with Gasteiger partial charge >= 0.3 is 0 Å². The van der Waals surface area contributed by atoms with E-state index in [-0.39, 0.29) is 0 Å². The number of hydrogen-bond donors (Lipinski definition) is 1. The number of unbranched alkanes of at least 4 members (excludes halogenated alkanes) is 1. The van der Waals surface area contributed by atoms with E-state index in [1.54, 1.807) is 0 Å². The van der Waals surface area contributed by atoms with Crippen LogP contribution in [0.25, 0.3) is 0 Å². The lowest BCUT2D eigenvalue weighted by Crippen LogP contribution is -2.35. The number of hydrogen-bond acceptors (Lipinski definition) is 2. The molecule has 1 aromatic heterocycles. The zero-order valence-electron chi connectivity index (χ0n) is 13.4. The lowest BCUT2D eigenvalue weighted by atomic mass is 9.96. The van der Waals surface area contributed by atoms with Crippen molar-refractivity contribution in [2.24, 2.45) is 5.92 Å². The van der Waals surface area contributed by atoms with E-state index in [9.17, 15) is 0 Å². The standard InChI is InChI=1S/C17H31N3/c1-4-6-9-15(5-2)12-20-13-18-11-17(20)16-10-7-8-14(3)19-16/h11,13-16,19H,4-10,12H2,1-3H3. The summed E-state index contributed by atoms with van der Waals surface area (Å²) in [6.45, 7) is 8.03. The van der Waals surface area contributed by atoms with Crippen LogP contribution >= 0.6 is 0 Å². The molecule has 3 heteroatoms. The van der Waals surface area contributed by atoms with Gasteiger partial charge in [-0.1, -0.05) is 33.1 Å². The first-order valence-corrected chi connectivity index (χ1v) is 8.50. The first kappa shape index (κ1) is 15.6. The Bertz CT molecular complexity index is 385. The van der Waals surface area contributed by atoms with Crippen LogP contribution in [0.2, 0.25) is 0 Å². The monoisotopic (exact) mass is 277 g/mol. The molecular formula is C17H31N3. The molecule has 3 unspecified atom stereocenters. The van der Waals surface area contributed by atoms with Crippen molar-refractivity contribution in [2.45, 2.75) is 84.3 Å². The highest BCUT2D eigenvalue weighted by Gasteiger charge is 2.22. The minimum atomic E-state index is 0.505. The number of rotatable bonds is 7. The zero-order valence-corrected chi connectivity index (χ0v) is 13.4. The summed E-state index contributed by atoms with van der Waals surface area (Å²) in [5, 5.41) is 3.73. The highest BCUT2D eigenvalue weighted by atomic mass is 15.1. The van der Waals surface area contributed by atoms with Crippen molar-refractivity contribution < 1.29 is 0 Å². The molecule has 114 valence electrons. The van der Waals surface area contributed by atoms with Crippen LogP contribution in [0.15, 0.2) is 12.5 Å². The molecule has 0 saturated carbocycles. The molecule has 0 spiro atoms. The summed E-state index contributed by atoms with van der Waals surface area (Å²) in [7, 11) is 0. The third kappa shape index (κ3) is 4.08. The molecule has 20 heavy (non-hydrogen) atoms. The van der Waals surface area contributed by atoms with Gasteiger partial charge in [0.25, 0.3) is 0 Å². The summed E-state index contributed by atoms with van der Waals surface area (Å²) in [5.41, 5.74) is 1.39. The van der Waals surface area contributed by atoms with Crippen LogP contribution in [-0.2, 0) is 6.54 Å². The van der Waals surface area contributed by atoms with Gasteiger partial charge in [0.05, 0.1) is 12.0 Å². The molecule has 0 radical (unpaired) electrons. The molecule has 1 saturated heterocycles. The molecule has 2 rings (SSSR count). The zero-order chi connectivity index (χ0) is 14.4. The molecule has 1 aliphatic rings. The molecule has 2 heterocycles. The molecule has 1 aromatic rings. The summed E-state index contributed by atoms with van der Waals surface area (Å²) in [4.78, 5) is 4.41. The summed E-state index contributed by atoms with van der Waals surface area (Å²) in [6.07, 6.45) is 13.3. The van der Waals surface area contributed by atoms with Gasteiger partial charge in [-0.3, -0.25) is 0 Å². The normalized spacial score (nSPS) is 24.8. The van der Waals surface area contributed by atoms with Crippen LogP contribution in [0.3, 0.4) is 0 Å². The van der Waals surface area contributed by atoms with Crippen LogP contribution in [0.5, 0.6) is 0 Å². The summed E-state index contributed by atoms with van der Waals surface area (Å²) < 4.78 is 2.40. The highest BCUT2D eigenvalue weighted by molar-refractivity contribution is 5.07. The minimum Gasteiger partial charge on any atom is -0.333 e. The lowest BCUT2D eigenvalue weighted by molar-refractivity contribution is 0.317. The van der Waals surface area contributed by atoms with Gasteiger partial charge in [-0.05, 0) is 38.5 Å². The van der Waals surface area contributed by atoms with E-state index in [0.717, 1.165) is 12.5 Å². The Morgan fingerprint density at radius 1 is 1.40 bits per heavy atom. The maximum absolute atomic E-state index is 4.41. The quantitative estimate of drug-likeness (QED) is 0.805. The van der Waals surface area contributed by atoms with E-state index in [1.165, 1.54) is 50.6 Å². The van der Waals surface area contributed by atoms with Crippen molar-refractivity contribution >= 4 is 0 Å². The van der Waals surface area contributed by atoms with Gasteiger partial charge in [0.15, 0.2) is 0 Å². The Morgan fingerprint density at radius 3 is 2.95 bits per heavy atom. The van der Waals surface area contributed by atoms with Gasteiger partial charge < -0.3 is 9.88 Å². The summed E-state index contributed by atoms with van der Waals surface area (Å²) in [6, 6.07) is 1.14. The molecular weight excluding hydrogens is 246 g/mol. The number of nitrogens with one attached hydrogen (secondary N) is 1. The first-order valence-electron chi connectivity index (χ1n) is 8.50. The van der Waals surface area contributed by atoms with E-state index < -0.39 is 0 Å². The molecule has 0 aliphatic carbocycles. The van der Waals surface area contributed by atoms with Crippen molar-refractivity contribution in [3.8, 4) is 0 Å². The largest absolute Gasteiger partial charge is 0.333 e. The van der Waals surface area contributed by atoms with Crippen molar-refractivity contribution in [1.29, 1.82) is 0 Å². The first-order chi connectivity index (χ1) is 9.74. The van der Waals surface area contributed by atoms with Crippen molar-refractivity contribution in [3.05, 3.63) is 18.2 Å². The van der Waals surface area contributed by atoms with E-state index in [2.05, 4.69) is 41.8 Å². The number of aromatic nitrogens is 2. The van der Waals surface area contributed by atoms with Gasteiger partial charge in [0.1, 0.15) is 0 Å². The predicted molar refractivity (Wildman–Crippen MR) is 84.7 cm³/mol. The second-order valence-corrected chi connectivity index (χ2v) is 6.44. The smallest absolute Gasteiger partial charge is 0.0948 e. The minimum absolute atomic E-state index is 0.505. The van der Waals surface area contributed by atoms with Crippen LogP contribution in [-0.4, -0.2) is 15.6 Å². The fourth-order valence-corrected chi connectivity index (χ4v) is 3.34. The Kier molecular flexibility index (Phi) is 6.08. The van der Waals surface area contributed by atoms with Crippen LogP contribution in [0, 0.1) is 5.92 Å². The van der Waals surface area contributed by atoms with Crippen LogP contribution in [0.1, 0.15) is 77.5 Å². The van der Waals surface area contributed by atoms with Crippen LogP contribution < -0.4 is 5.32 Å². The van der Waals surface area contributed by atoms with Crippen molar-refractivity contribution in [2.75, 3.05) is 0 Å². The molecule has 0 amide bonds. The fourth-order valence-electron chi connectivity index (χ4n) is 3.34. The number of imidazole rings is 1. The Morgan fingerprint density at radius 2 is 2.25 bits per heavy atom. The third-order valence-electron chi connectivity index (χ3n) is 4.72. The molecule has 0 aromatic carbocycles. The lowest BCUT2D eigenvalue weighted by Gasteiger charge is -2.30. The van der Waals surface area contributed by atoms with Crippen molar-refractivity contribution in [3.63, 3.8) is 0 Å². The Hall–Kier alpha value is -0.830. The molecule has 0 bridgehead atoms. The summed E-state index contributed by atoms with van der Waals surface area (Å²) in [5.74, 6) is 0.795. The number of piperidine rings is 1. The molecule has 3 atom stereocenters. The van der Waals surface area contributed by atoms with Crippen molar-refractivity contribution in [1.82, 2.24) is 14.9 Å². The SMILES string of the molecule is CCCCC(CC)Cn1cncc1C1CCCC(C)N1. The second kappa shape index (κ2) is 7.82. The van der Waals surface area contributed by atoms with Gasteiger partial charge in [-0.25, -0.2) is 4.98 Å². The molecule has 3 nitrogen and oxygen atoms in total. The average Bonchev–Trinajstić information content (AvgIpc) is 2.91. The Labute approximate surface area is 124 Å². The van der Waals surface area contributed by atoms with E-state index >= 15 is 0 Å². The fraction of sp³-hybridized carbons (Fsp3) is 0.824. The van der Waals surface area contributed by atoms with Gasteiger partial charge in [0, 0.05) is 24.8 Å². The highest BCUT2D eigenvalue weighted by Crippen LogP contribution is 2.26.